The summed E-state index contributed by atoms with van der Waals surface area (Å²) in [5.74, 6) is 1.31. The first kappa shape index (κ1) is 13.2. The summed E-state index contributed by atoms with van der Waals surface area (Å²) in [6, 6.07) is 6.21. The SMILES string of the molecule is COc1ccc2c(c1)C(CN(C)C(=O)CCl)CC2. The fourth-order valence-electron chi connectivity index (χ4n) is 2.52. The zero-order valence-electron chi connectivity index (χ0n) is 10.8. The molecule has 0 spiro atoms. The molecule has 2 rings (SSSR count). The molecule has 0 aromatic heterocycles. The Morgan fingerprint density at radius 1 is 1.56 bits per heavy atom. The van der Waals surface area contributed by atoms with E-state index in [0.29, 0.717) is 5.92 Å². The average Bonchev–Trinajstić information content (AvgIpc) is 2.80. The summed E-state index contributed by atoms with van der Waals surface area (Å²) in [7, 11) is 3.48. The minimum atomic E-state index is -0.0204. The Balaban J connectivity index is 2.13. The van der Waals surface area contributed by atoms with Gasteiger partial charge in [0.15, 0.2) is 0 Å². The summed E-state index contributed by atoms with van der Waals surface area (Å²) in [6.07, 6.45) is 2.16. The van der Waals surface area contributed by atoms with Gasteiger partial charge in [0.05, 0.1) is 7.11 Å². The highest BCUT2D eigenvalue weighted by atomic mass is 35.5. The van der Waals surface area contributed by atoms with Gasteiger partial charge in [-0.05, 0) is 36.1 Å². The lowest BCUT2D eigenvalue weighted by Crippen LogP contribution is -2.31. The summed E-state index contributed by atoms with van der Waals surface area (Å²) in [6.45, 7) is 0.728. The number of carbonyl (C=O) groups excluding carboxylic acids is 1. The van der Waals surface area contributed by atoms with Crippen LogP contribution in [0.3, 0.4) is 0 Å². The molecule has 0 fully saturated rings. The predicted molar refractivity (Wildman–Crippen MR) is 72.4 cm³/mol. The molecule has 3 nitrogen and oxygen atoms in total. The van der Waals surface area contributed by atoms with Crippen molar-refractivity contribution in [2.45, 2.75) is 18.8 Å². The molecule has 0 saturated carbocycles. The molecule has 1 amide bonds. The first-order chi connectivity index (χ1) is 8.65. The summed E-state index contributed by atoms with van der Waals surface area (Å²) in [5.41, 5.74) is 2.68. The minimum Gasteiger partial charge on any atom is -0.497 e. The number of aryl methyl sites for hydroxylation is 1. The third-order valence-corrected chi connectivity index (χ3v) is 3.82. The highest BCUT2D eigenvalue weighted by Crippen LogP contribution is 2.35. The van der Waals surface area contributed by atoms with Crippen molar-refractivity contribution < 1.29 is 9.53 Å². The average molecular weight is 268 g/mol. The quantitative estimate of drug-likeness (QED) is 0.784. The van der Waals surface area contributed by atoms with E-state index in [0.717, 1.165) is 25.1 Å². The highest BCUT2D eigenvalue weighted by molar-refractivity contribution is 6.27. The lowest BCUT2D eigenvalue weighted by atomic mass is 10.0. The minimum absolute atomic E-state index is 0.0204. The summed E-state index contributed by atoms with van der Waals surface area (Å²) >= 11 is 5.57. The lowest BCUT2D eigenvalue weighted by molar-refractivity contribution is -0.127. The van der Waals surface area contributed by atoms with Crippen LogP contribution >= 0.6 is 11.6 Å². The first-order valence-electron chi connectivity index (χ1n) is 6.12. The Hall–Kier alpha value is -1.22. The van der Waals surface area contributed by atoms with Gasteiger partial charge in [-0.2, -0.15) is 0 Å². The summed E-state index contributed by atoms with van der Waals surface area (Å²) < 4.78 is 5.26. The molecule has 1 atom stereocenters. The molecular weight excluding hydrogens is 250 g/mol. The standard InChI is InChI=1S/C14H18ClNO2/c1-16(14(17)8-15)9-11-4-3-10-5-6-12(18-2)7-13(10)11/h5-7,11H,3-4,8-9H2,1-2H3. The molecule has 0 radical (unpaired) electrons. The molecule has 0 aliphatic heterocycles. The Bertz CT molecular complexity index is 447. The van der Waals surface area contributed by atoms with Crippen molar-refractivity contribution >= 4 is 17.5 Å². The van der Waals surface area contributed by atoms with E-state index in [2.05, 4.69) is 12.1 Å². The monoisotopic (exact) mass is 267 g/mol. The van der Waals surface area contributed by atoms with E-state index in [-0.39, 0.29) is 11.8 Å². The predicted octanol–water partition coefficient (Wildman–Crippen LogP) is 2.42. The fraction of sp³-hybridized carbons (Fsp3) is 0.500. The molecule has 1 aromatic carbocycles. The van der Waals surface area contributed by atoms with Crippen molar-refractivity contribution in [1.82, 2.24) is 4.90 Å². The van der Waals surface area contributed by atoms with E-state index in [1.54, 1.807) is 12.0 Å². The van der Waals surface area contributed by atoms with Crippen molar-refractivity contribution in [3.63, 3.8) is 0 Å². The number of alkyl halides is 1. The number of fused-ring (bicyclic) bond motifs is 1. The third-order valence-electron chi connectivity index (χ3n) is 3.59. The van der Waals surface area contributed by atoms with E-state index < -0.39 is 0 Å². The van der Waals surface area contributed by atoms with Gasteiger partial charge in [-0.15, -0.1) is 11.6 Å². The van der Waals surface area contributed by atoms with Crippen LogP contribution in [0.15, 0.2) is 18.2 Å². The van der Waals surface area contributed by atoms with Crippen LogP contribution in [0.5, 0.6) is 5.75 Å². The van der Waals surface area contributed by atoms with Crippen molar-refractivity contribution in [1.29, 1.82) is 0 Å². The van der Waals surface area contributed by atoms with Crippen molar-refractivity contribution in [3.8, 4) is 5.75 Å². The van der Waals surface area contributed by atoms with Gasteiger partial charge in [-0.25, -0.2) is 0 Å². The molecule has 1 aliphatic carbocycles. The maximum Gasteiger partial charge on any atom is 0.237 e. The second-order valence-corrected chi connectivity index (χ2v) is 4.98. The number of rotatable bonds is 4. The Morgan fingerprint density at radius 3 is 3.00 bits per heavy atom. The van der Waals surface area contributed by atoms with Gasteiger partial charge >= 0.3 is 0 Å². The molecule has 98 valence electrons. The molecule has 18 heavy (non-hydrogen) atoms. The summed E-state index contributed by atoms with van der Waals surface area (Å²) in [4.78, 5) is 13.2. The molecular formula is C14H18ClNO2. The van der Waals surface area contributed by atoms with Gasteiger partial charge < -0.3 is 9.64 Å². The maximum absolute atomic E-state index is 11.5. The van der Waals surface area contributed by atoms with E-state index >= 15 is 0 Å². The van der Waals surface area contributed by atoms with E-state index in [1.807, 2.05) is 13.1 Å². The number of hydrogen-bond acceptors (Lipinski definition) is 2. The Kier molecular flexibility index (Phi) is 4.12. The largest absolute Gasteiger partial charge is 0.497 e. The van der Waals surface area contributed by atoms with Crippen LogP contribution in [-0.2, 0) is 11.2 Å². The number of methoxy groups -OCH3 is 1. The smallest absolute Gasteiger partial charge is 0.237 e. The van der Waals surface area contributed by atoms with E-state index in [9.17, 15) is 4.79 Å². The van der Waals surface area contributed by atoms with Gasteiger partial charge in [0.2, 0.25) is 5.91 Å². The van der Waals surface area contributed by atoms with E-state index in [1.165, 1.54) is 11.1 Å². The van der Waals surface area contributed by atoms with Gasteiger partial charge in [0.25, 0.3) is 0 Å². The second kappa shape index (κ2) is 5.61. The van der Waals surface area contributed by atoms with Crippen LogP contribution in [0.1, 0.15) is 23.5 Å². The number of amides is 1. The molecule has 0 saturated heterocycles. The van der Waals surface area contributed by atoms with Crippen molar-refractivity contribution in [2.24, 2.45) is 0 Å². The van der Waals surface area contributed by atoms with Crippen LogP contribution in [0.2, 0.25) is 0 Å². The molecule has 0 heterocycles. The van der Waals surface area contributed by atoms with Crippen LogP contribution in [0, 0.1) is 0 Å². The molecule has 1 unspecified atom stereocenters. The van der Waals surface area contributed by atoms with Gasteiger partial charge in [-0.3, -0.25) is 4.79 Å². The number of hydrogen-bond donors (Lipinski definition) is 0. The number of halogens is 1. The van der Waals surface area contributed by atoms with Gasteiger partial charge in [0.1, 0.15) is 11.6 Å². The zero-order chi connectivity index (χ0) is 13.1. The van der Waals surface area contributed by atoms with Crippen LogP contribution in [-0.4, -0.2) is 37.4 Å². The van der Waals surface area contributed by atoms with Crippen molar-refractivity contribution in [2.75, 3.05) is 26.6 Å². The summed E-state index contributed by atoms with van der Waals surface area (Å²) in [5, 5.41) is 0. The molecule has 0 bridgehead atoms. The normalized spacial score (nSPS) is 17.4. The molecule has 1 aliphatic rings. The van der Waals surface area contributed by atoms with E-state index in [4.69, 9.17) is 16.3 Å². The molecule has 0 N–H and O–H groups in total. The number of carbonyl (C=O) groups is 1. The highest BCUT2D eigenvalue weighted by Gasteiger charge is 2.25. The number of likely N-dealkylation sites (N-methyl/N-ethyl adjacent to an activating group) is 1. The molecule has 4 heteroatoms. The number of ether oxygens (including phenoxy) is 1. The van der Waals surface area contributed by atoms with Crippen molar-refractivity contribution in [3.05, 3.63) is 29.3 Å². The third kappa shape index (κ3) is 2.61. The Morgan fingerprint density at radius 2 is 2.33 bits per heavy atom. The Labute approximate surface area is 113 Å². The zero-order valence-corrected chi connectivity index (χ0v) is 11.5. The topological polar surface area (TPSA) is 29.5 Å². The number of nitrogens with zero attached hydrogens (tertiary/aromatic N) is 1. The second-order valence-electron chi connectivity index (χ2n) is 4.71. The van der Waals surface area contributed by atoms with Gasteiger partial charge in [0, 0.05) is 19.5 Å². The first-order valence-corrected chi connectivity index (χ1v) is 6.66. The fourth-order valence-corrected chi connectivity index (χ4v) is 2.72. The lowest BCUT2D eigenvalue weighted by Gasteiger charge is -2.21. The maximum atomic E-state index is 11.5. The van der Waals surface area contributed by atoms with Gasteiger partial charge in [-0.1, -0.05) is 6.07 Å². The van der Waals surface area contributed by atoms with Crippen LogP contribution < -0.4 is 4.74 Å². The van der Waals surface area contributed by atoms with Crippen LogP contribution in [0.4, 0.5) is 0 Å². The number of benzene rings is 1. The molecule has 1 aromatic rings. The van der Waals surface area contributed by atoms with Crippen LogP contribution in [0.25, 0.3) is 0 Å².